The van der Waals surface area contributed by atoms with Crippen LogP contribution in [0.5, 0.6) is 0 Å². The first kappa shape index (κ1) is 11.4. The van der Waals surface area contributed by atoms with Gasteiger partial charge in [0.25, 0.3) is 0 Å². The molecule has 11 heavy (non-hydrogen) atoms. The van der Waals surface area contributed by atoms with E-state index in [1.807, 2.05) is 0 Å². The molecule has 0 heterocycles. The number of rotatable bonds is 5. The number of carbonyl (C=O) groups is 1. The second-order valence-corrected chi connectivity index (χ2v) is 3.79. The normalized spacial score (nSPS) is 12.6. The zero-order chi connectivity index (χ0) is 8.69. The fraction of sp³-hybridized carbons (Fsp3) is 0.857. The highest BCUT2D eigenvalue weighted by atomic mass is 79.9. The number of hydrogen-bond acceptors (Lipinski definition) is 2. The number of alkyl halides is 1. The van der Waals surface area contributed by atoms with Gasteiger partial charge in [-0.1, -0.05) is 42.1 Å². The van der Waals surface area contributed by atoms with Gasteiger partial charge in [-0.3, -0.25) is 0 Å². The predicted octanol–water partition coefficient (Wildman–Crippen LogP) is 3.18. The van der Waals surface area contributed by atoms with Crippen LogP contribution in [0.2, 0.25) is 0 Å². The predicted molar refractivity (Wildman–Crippen MR) is 51.9 cm³/mol. The van der Waals surface area contributed by atoms with Gasteiger partial charge >= 0.3 is 5.97 Å². The molecule has 0 radical (unpaired) electrons. The van der Waals surface area contributed by atoms with Crippen LogP contribution in [-0.2, 0) is 8.62 Å². The lowest BCUT2D eigenvalue weighted by atomic mass is 10.2. The van der Waals surface area contributed by atoms with Gasteiger partial charge in [0, 0.05) is 0 Å². The van der Waals surface area contributed by atoms with Crippen LogP contribution in [0.4, 0.5) is 0 Å². The summed E-state index contributed by atoms with van der Waals surface area (Å²) in [6.45, 7) is 2.13. The summed E-state index contributed by atoms with van der Waals surface area (Å²) in [4.78, 5) is 10.6. The maximum atomic E-state index is 10.8. The number of halogens is 2. The Hall–Kier alpha value is 0.430. The van der Waals surface area contributed by atoms with Gasteiger partial charge in [-0.15, -0.1) is 0 Å². The highest BCUT2D eigenvalue weighted by Crippen LogP contribution is 2.13. The maximum Gasteiger partial charge on any atom is 0.331 e. The van der Waals surface area contributed by atoms with Crippen molar-refractivity contribution in [1.82, 2.24) is 0 Å². The van der Waals surface area contributed by atoms with E-state index >= 15 is 0 Å². The third-order valence-electron chi connectivity index (χ3n) is 1.39. The first-order chi connectivity index (χ1) is 5.22. The summed E-state index contributed by atoms with van der Waals surface area (Å²) in [6, 6.07) is 0. The minimum atomic E-state index is -0.249. The lowest BCUT2D eigenvalue weighted by Gasteiger charge is -2.04. The average molecular weight is 288 g/mol. The van der Waals surface area contributed by atoms with Gasteiger partial charge in [0.2, 0.25) is 0 Å². The Balaban J connectivity index is 3.36. The molecule has 1 unspecified atom stereocenters. The van der Waals surface area contributed by atoms with Crippen LogP contribution in [0.1, 0.15) is 32.6 Å². The van der Waals surface area contributed by atoms with Crippen LogP contribution < -0.4 is 0 Å². The first-order valence-corrected chi connectivity index (χ1v) is 5.25. The van der Waals surface area contributed by atoms with E-state index in [0.717, 1.165) is 19.3 Å². The van der Waals surface area contributed by atoms with Gasteiger partial charge in [-0.2, -0.15) is 0 Å². The fourth-order valence-electron chi connectivity index (χ4n) is 0.740. The molecule has 0 aromatic rings. The summed E-state index contributed by atoms with van der Waals surface area (Å²) in [5.74, 6) is -0.249. The fourth-order valence-corrected chi connectivity index (χ4v) is 1.63. The summed E-state index contributed by atoms with van der Waals surface area (Å²) in [6.07, 6.45) is 4.24. The third-order valence-corrected chi connectivity index (χ3v) is 2.54. The van der Waals surface area contributed by atoms with E-state index < -0.39 is 0 Å². The van der Waals surface area contributed by atoms with Crippen LogP contribution in [0.15, 0.2) is 0 Å². The van der Waals surface area contributed by atoms with E-state index in [0.29, 0.717) is 0 Å². The van der Waals surface area contributed by atoms with Gasteiger partial charge in [0.05, 0.1) is 0 Å². The summed E-state index contributed by atoms with van der Waals surface area (Å²) >= 11 is 5.87. The average Bonchev–Trinajstić information content (AvgIpc) is 2.03. The highest BCUT2D eigenvalue weighted by molar-refractivity contribution is 9.10. The summed E-state index contributed by atoms with van der Waals surface area (Å²) in [5, 5.41) is 0. The molecule has 4 heteroatoms. The third kappa shape index (κ3) is 5.67. The van der Waals surface area contributed by atoms with Crippen molar-refractivity contribution in [3.63, 3.8) is 0 Å². The Morgan fingerprint density at radius 2 is 2.18 bits per heavy atom. The lowest BCUT2D eigenvalue weighted by Crippen LogP contribution is -2.12. The van der Waals surface area contributed by atoms with E-state index in [2.05, 4.69) is 42.9 Å². The van der Waals surface area contributed by atoms with Crippen molar-refractivity contribution in [2.24, 2.45) is 0 Å². The Morgan fingerprint density at radius 1 is 1.55 bits per heavy atom. The number of unbranched alkanes of at least 4 members (excludes halogenated alkanes) is 2. The van der Waals surface area contributed by atoms with Crippen molar-refractivity contribution < 1.29 is 8.62 Å². The Kier molecular flexibility index (Phi) is 7.38. The molecule has 0 spiro atoms. The Labute approximate surface area is 84.3 Å². The number of carbonyl (C=O) groups excluding carboxylic acids is 1. The zero-order valence-electron chi connectivity index (χ0n) is 6.48. The summed E-state index contributed by atoms with van der Waals surface area (Å²) in [5.41, 5.74) is 0. The van der Waals surface area contributed by atoms with E-state index in [-0.39, 0.29) is 10.8 Å². The molecular weight excluding hydrogens is 276 g/mol. The second kappa shape index (κ2) is 7.10. The van der Waals surface area contributed by atoms with Crippen molar-refractivity contribution in [1.29, 1.82) is 0 Å². The smallest absolute Gasteiger partial charge is 0.331 e. The monoisotopic (exact) mass is 286 g/mol. The summed E-state index contributed by atoms with van der Waals surface area (Å²) < 4.78 is 4.37. The Morgan fingerprint density at radius 3 is 2.64 bits per heavy atom. The minimum absolute atomic E-state index is 0.159. The molecule has 0 amide bonds. The van der Waals surface area contributed by atoms with Gasteiger partial charge < -0.3 is 3.83 Å². The SMILES string of the molecule is CCCCCC(Br)C(=O)OBr. The lowest BCUT2D eigenvalue weighted by molar-refractivity contribution is -0.131. The number of hydrogen-bond donors (Lipinski definition) is 0. The van der Waals surface area contributed by atoms with Gasteiger partial charge in [0.1, 0.15) is 4.83 Å². The van der Waals surface area contributed by atoms with Crippen LogP contribution in [0.25, 0.3) is 0 Å². The molecule has 0 aliphatic rings. The molecule has 0 saturated heterocycles. The summed E-state index contributed by atoms with van der Waals surface area (Å²) in [7, 11) is 0. The van der Waals surface area contributed by atoms with Gasteiger partial charge in [0.15, 0.2) is 16.3 Å². The van der Waals surface area contributed by atoms with Crippen molar-refractivity contribution in [3.8, 4) is 0 Å². The second-order valence-electron chi connectivity index (χ2n) is 2.36. The van der Waals surface area contributed by atoms with E-state index in [4.69, 9.17) is 0 Å². The van der Waals surface area contributed by atoms with Gasteiger partial charge in [-0.25, -0.2) is 4.79 Å². The zero-order valence-corrected chi connectivity index (χ0v) is 9.65. The van der Waals surface area contributed by atoms with Crippen molar-refractivity contribution in [3.05, 3.63) is 0 Å². The molecule has 0 aromatic carbocycles. The molecular formula is C7H12Br2O2. The van der Waals surface area contributed by atoms with Crippen LogP contribution in [-0.4, -0.2) is 10.8 Å². The molecule has 1 atom stereocenters. The topological polar surface area (TPSA) is 26.3 Å². The first-order valence-electron chi connectivity index (χ1n) is 3.68. The largest absolute Gasteiger partial charge is 0.383 e. The molecule has 0 aliphatic carbocycles. The van der Waals surface area contributed by atoms with Crippen LogP contribution >= 0.6 is 32.2 Å². The van der Waals surface area contributed by atoms with Gasteiger partial charge in [-0.05, 0) is 6.42 Å². The quantitative estimate of drug-likeness (QED) is 0.573. The van der Waals surface area contributed by atoms with Crippen molar-refractivity contribution >= 4 is 38.2 Å². The van der Waals surface area contributed by atoms with Crippen LogP contribution in [0, 0.1) is 0 Å². The molecule has 0 saturated carbocycles. The molecule has 0 aliphatic heterocycles. The molecule has 0 aromatic heterocycles. The van der Waals surface area contributed by atoms with Crippen LogP contribution in [0.3, 0.4) is 0 Å². The molecule has 0 fully saturated rings. The van der Waals surface area contributed by atoms with E-state index in [9.17, 15) is 4.79 Å². The molecule has 0 N–H and O–H groups in total. The minimum Gasteiger partial charge on any atom is -0.383 e. The van der Waals surface area contributed by atoms with Crippen molar-refractivity contribution in [2.75, 3.05) is 0 Å². The Bertz CT molecular complexity index is 117. The van der Waals surface area contributed by atoms with E-state index in [1.54, 1.807) is 0 Å². The maximum absolute atomic E-state index is 10.8. The molecule has 0 rings (SSSR count). The standard InChI is InChI=1S/C7H12Br2O2/c1-2-3-4-5-6(8)7(10)11-9/h6H,2-5H2,1H3. The van der Waals surface area contributed by atoms with E-state index in [1.165, 1.54) is 6.42 Å². The molecule has 0 bridgehead atoms. The highest BCUT2D eigenvalue weighted by Gasteiger charge is 2.14. The molecule has 66 valence electrons. The van der Waals surface area contributed by atoms with Crippen molar-refractivity contribution in [2.45, 2.75) is 37.4 Å². The molecule has 2 nitrogen and oxygen atoms in total.